The van der Waals surface area contributed by atoms with Crippen molar-refractivity contribution < 1.29 is 5.11 Å². The van der Waals surface area contributed by atoms with E-state index in [-0.39, 0.29) is 11.1 Å². The highest BCUT2D eigenvalue weighted by molar-refractivity contribution is 5.33. The first kappa shape index (κ1) is 23.5. The Morgan fingerprint density at radius 2 is 1.76 bits per heavy atom. The van der Waals surface area contributed by atoms with E-state index in [0.717, 1.165) is 44.3 Å². The maximum absolute atomic E-state index is 11.6. The van der Waals surface area contributed by atoms with E-state index < -0.39 is 6.35 Å². The first-order valence-corrected chi connectivity index (χ1v) is 12.9. The van der Waals surface area contributed by atoms with Crippen LogP contribution in [0, 0.1) is 17.2 Å². The zero-order valence-electron chi connectivity index (χ0n) is 20.7. The van der Waals surface area contributed by atoms with Gasteiger partial charge >= 0.3 is 0 Å². The second kappa shape index (κ2) is 9.43. The van der Waals surface area contributed by atoms with Crippen molar-refractivity contribution >= 4 is 0 Å². The van der Waals surface area contributed by atoms with Crippen LogP contribution in [0.4, 0.5) is 0 Å². The summed E-state index contributed by atoms with van der Waals surface area (Å²) in [6, 6.07) is 21.1. The highest BCUT2D eigenvalue weighted by atomic mass is 16.3. The fourth-order valence-corrected chi connectivity index (χ4v) is 6.66. The van der Waals surface area contributed by atoms with E-state index in [0.29, 0.717) is 18.0 Å². The van der Waals surface area contributed by atoms with Crippen molar-refractivity contribution in [2.24, 2.45) is 5.92 Å². The molecule has 0 amide bonds. The van der Waals surface area contributed by atoms with Crippen LogP contribution < -0.4 is 0 Å². The van der Waals surface area contributed by atoms with E-state index in [1.165, 1.54) is 24.8 Å². The zero-order chi connectivity index (χ0) is 23.8. The molecule has 0 aromatic heterocycles. The van der Waals surface area contributed by atoms with Gasteiger partial charge in [-0.3, -0.25) is 14.7 Å². The topological polar surface area (TPSA) is 53.7 Å². The lowest BCUT2D eigenvalue weighted by molar-refractivity contribution is -0.104. The molecule has 5 heteroatoms. The van der Waals surface area contributed by atoms with Gasteiger partial charge in [0, 0.05) is 30.7 Å². The maximum atomic E-state index is 11.6. The molecule has 3 aliphatic rings. The molecule has 1 aliphatic heterocycles. The Kier molecular flexibility index (Phi) is 6.52. The Bertz CT molecular complexity index is 1020. The second-order valence-electron chi connectivity index (χ2n) is 11.0. The summed E-state index contributed by atoms with van der Waals surface area (Å²) >= 11 is 0. The molecule has 5 nitrogen and oxygen atoms in total. The summed E-state index contributed by atoms with van der Waals surface area (Å²) in [5, 5.41) is 20.9. The molecular formula is C29H38N4O. The van der Waals surface area contributed by atoms with Crippen molar-refractivity contribution in [1.82, 2.24) is 14.7 Å². The summed E-state index contributed by atoms with van der Waals surface area (Å²) in [6.07, 6.45) is 7.69. The van der Waals surface area contributed by atoms with E-state index in [1.807, 2.05) is 18.2 Å². The van der Waals surface area contributed by atoms with Gasteiger partial charge in [-0.1, -0.05) is 48.9 Å². The predicted octanol–water partition coefficient (Wildman–Crippen LogP) is 4.52. The zero-order valence-corrected chi connectivity index (χ0v) is 20.7. The van der Waals surface area contributed by atoms with Crippen LogP contribution in [0.3, 0.4) is 0 Å². The molecule has 0 bridgehead atoms. The van der Waals surface area contributed by atoms with Gasteiger partial charge in [-0.05, 0) is 81.8 Å². The summed E-state index contributed by atoms with van der Waals surface area (Å²) < 4.78 is 0. The number of aliphatic hydroxyl groups excluding tert-OH is 1. The van der Waals surface area contributed by atoms with Gasteiger partial charge in [-0.2, -0.15) is 5.26 Å². The van der Waals surface area contributed by atoms with Gasteiger partial charge in [0.25, 0.3) is 0 Å². The molecule has 2 aromatic rings. The van der Waals surface area contributed by atoms with Crippen LogP contribution in [0.2, 0.25) is 0 Å². The quantitative estimate of drug-likeness (QED) is 0.690. The maximum Gasteiger partial charge on any atom is 0.166 e. The third-order valence-electron chi connectivity index (χ3n) is 9.01. The van der Waals surface area contributed by atoms with Crippen molar-refractivity contribution in [2.45, 2.75) is 68.9 Å². The average molecular weight is 459 g/mol. The fraction of sp³-hybridized carbons (Fsp3) is 0.552. The van der Waals surface area contributed by atoms with Crippen LogP contribution >= 0.6 is 0 Å². The standard InChI is InChI=1S/C29H38N4O/c1-31(2)29(26-12-4-3-5-13-26)16-14-28(15-17-29)22-32(20-25-11-7-10-24(18-25)19-30)27(34)33(28)21-23-8-6-9-23/h3-5,7,10-13,18,23,27,34H,6,8-9,14-17,20-22H2,1-2H3. The average Bonchev–Trinajstić information content (AvgIpc) is 3.07. The molecule has 34 heavy (non-hydrogen) atoms. The van der Waals surface area contributed by atoms with E-state index in [9.17, 15) is 10.4 Å². The van der Waals surface area contributed by atoms with Crippen molar-refractivity contribution in [1.29, 1.82) is 5.26 Å². The summed E-state index contributed by atoms with van der Waals surface area (Å²) in [5.74, 6) is 0.711. The molecule has 1 N–H and O–H groups in total. The Balaban J connectivity index is 1.40. The minimum Gasteiger partial charge on any atom is -0.365 e. The van der Waals surface area contributed by atoms with Gasteiger partial charge in [0.15, 0.2) is 6.35 Å². The Morgan fingerprint density at radius 1 is 1.03 bits per heavy atom. The number of hydrogen-bond donors (Lipinski definition) is 1. The predicted molar refractivity (Wildman–Crippen MR) is 135 cm³/mol. The molecule has 1 heterocycles. The van der Waals surface area contributed by atoms with Crippen LogP contribution in [-0.2, 0) is 12.1 Å². The molecule has 1 saturated heterocycles. The van der Waals surface area contributed by atoms with E-state index >= 15 is 0 Å². The van der Waals surface area contributed by atoms with Crippen LogP contribution in [0.25, 0.3) is 0 Å². The van der Waals surface area contributed by atoms with Crippen LogP contribution in [0.1, 0.15) is 61.6 Å². The number of rotatable bonds is 6. The molecule has 0 radical (unpaired) electrons. The Hall–Kier alpha value is -2.23. The van der Waals surface area contributed by atoms with Gasteiger partial charge in [0.1, 0.15) is 0 Å². The van der Waals surface area contributed by atoms with Gasteiger partial charge in [-0.25, -0.2) is 0 Å². The summed E-state index contributed by atoms with van der Waals surface area (Å²) in [6.45, 7) is 2.56. The monoisotopic (exact) mass is 458 g/mol. The van der Waals surface area contributed by atoms with Crippen molar-refractivity contribution in [2.75, 3.05) is 27.2 Å². The molecule has 1 atom stereocenters. The Labute approximate surface area is 204 Å². The molecule has 1 spiro atoms. The first-order chi connectivity index (χ1) is 16.5. The highest BCUT2D eigenvalue weighted by Gasteiger charge is 2.55. The lowest BCUT2D eigenvalue weighted by Gasteiger charge is -2.52. The number of nitriles is 1. The van der Waals surface area contributed by atoms with E-state index in [4.69, 9.17) is 0 Å². The second-order valence-corrected chi connectivity index (χ2v) is 11.0. The molecule has 2 saturated carbocycles. The van der Waals surface area contributed by atoms with Crippen molar-refractivity contribution in [3.8, 4) is 6.07 Å². The number of benzene rings is 2. The number of hydrogen-bond acceptors (Lipinski definition) is 5. The molecule has 180 valence electrons. The summed E-state index contributed by atoms with van der Waals surface area (Å²) in [5.41, 5.74) is 3.25. The number of aliphatic hydroxyl groups is 1. The lowest BCUT2D eigenvalue weighted by Crippen LogP contribution is -2.57. The van der Waals surface area contributed by atoms with Crippen molar-refractivity contribution in [3.63, 3.8) is 0 Å². The highest BCUT2D eigenvalue weighted by Crippen LogP contribution is 2.50. The first-order valence-electron chi connectivity index (χ1n) is 12.9. The lowest BCUT2D eigenvalue weighted by atomic mass is 9.68. The van der Waals surface area contributed by atoms with E-state index in [2.05, 4.69) is 71.3 Å². The van der Waals surface area contributed by atoms with Gasteiger partial charge in [-0.15, -0.1) is 0 Å². The van der Waals surface area contributed by atoms with Gasteiger partial charge in [0.2, 0.25) is 0 Å². The molecule has 2 aromatic carbocycles. The van der Waals surface area contributed by atoms with Crippen molar-refractivity contribution in [3.05, 3.63) is 71.3 Å². The van der Waals surface area contributed by atoms with Gasteiger partial charge in [0.05, 0.1) is 11.6 Å². The Morgan fingerprint density at radius 3 is 2.38 bits per heavy atom. The molecule has 3 fully saturated rings. The van der Waals surface area contributed by atoms with Crippen LogP contribution in [0.5, 0.6) is 0 Å². The minimum atomic E-state index is -0.560. The van der Waals surface area contributed by atoms with E-state index in [1.54, 1.807) is 0 Å². The normalized spacial score (nSPS) is 30.5. The molecule has 1 unspecified atom stereocenters. The molecule has 5 rings (SSSR count). The third kappa shape index (κ3) is 4.18. The summed E-state index contributed by atoms with van der Waals surface area (Å²) in [4.78, 5) is 7.11. The summed E-state index contributed by atoms with van der Waals surface area (Å²) in [7, 11) is 4.43. The smallest absolute Gasteiger partial charge is 0.166 e. The fourth-order valence-electron chi connectivity index (χ4n) is 6.66. The number of nitrogens with zero attached hydrogens (tertiary/aromatic N) is 4. The third-order valence-corrected chi connectivity index (χ3v) is 9.01. The minimum absolute atomic E-state index is 0.0101. The van der Waals surface area contributed by atoms with Crippen LogP contribution in [0.15, 0.2) is 54.6 Å². The molecule has 2 aliphatic carbocycles. The SMILES string of the molecule is CN(C)C1(c2ccccc2)CCC2(CC1)CN(Cc1cccc(C#N)c1)C(O)N2CC1CCC1. The van der Waals surface area contributed by atoms with Crippen LogP contribution in [-0.4, -0.2) is 58.9 Å². The van der Waals surface area contributed by atoms with Gasteiger partial charge < -0.3 is 5.11 Å². The molecular weight excluding hydrogens is 420 g/mol. The largest absolute Gasteiger partial charge is 0.365 e.